The standard InChI is InChI=1S/C19H17F3/c1-2-3-12-4-7-15-13(10-12)5-8-16(19(15)22)14-6-9-17(20)18(21)11-14/h5-6,8-11H,2-4,7H2,1H3. The number of rotatable bonds is 3. The van der Waals surface area contributed by atoms with E-state index in [-0.39, 0.29) is 5.82 Å². The molecule has 3 rings (SSSR count). The van der Waals surface area contributed by atoms with Gasteiger partial charge >= 0.3 is 0 Å². The Morgan fingerprint density at radius 2 is 1.77 bits per heavy atom. The first-order valence-corrected chi connectivity index (χ1v) is 7.56. The van der Waals surface area contributed by atoms with E-state index >= 15 is 0 Å². The molecule has 0 saturated carbocycles. The zero-order valence-electron chi connectivity index (χ0n) is 12.4. The van der Waals surface area contributed by atoms with Crippen LogP contribution < -0.4 is 0 Å². The lowest BCUT2D eigenvalue weighted by molar-refractivity contribution is 0.509. The highest BCUT2D eigenvalue weighted by molar-refractivity contribution is 5.70. The van der Waals surface area contributed by atoms with Gasteiger partial charge in [0, 0.05) is 5.56 Å². The number of fused-ring (bicyclic) bond motifs is 1. The number of hydrogen-bond donors (Lipinski definition) is 0. The van der Waals surface area contributed by atoms with Crippen molar-refractivity contribution in [2.24, 2.45) is 0 Å². The molecule has 0 fully saturated rings. The van der Waals surface area contributed by atoms with Crippen molar-refractivity contribution in [2.45, 2.75) is 32.6 Å². The van der Waals surface area contributed by atoms with E-state index in [0.29, 0.717) is 23.1 Å². The fraction of sp³-hybridized carbons (Fsp3) is 0.263. The summed E-state index contributed by atoms with van der Waals surface area (Å²) in [7, 11) is 0. The van der Waals surface area contributed by atoms with Crippen molar-refractivity contribution in [3.63, 3.8) is 0 Å². The molecule has 0 spiro atoms. The van der Waals surface area contributed by atoms with Crippen LogP contribution >= 0.6 is 0 Å². The minimum absolute atomic E-state index is 0.324. The first-order valence-electron chi connectivity index (χ1n) is 7.56. The van der Waals surface area contributed by atoms with Gasteiger partial charge in [0.1, 0.15) is 5.82 Å². The maximum absolute atomic E-state index is 14.7. The minimum atomic E-state index is -0.959. The van der Waals surface area contributed by atoms with E-state index in [0.717, 1.165) is 37.0 Å². The smallest absolute Gasteiger partial charge is 0.159 e. The number of allylic oxidation sites excluding steroid dienone is 1. The van der Waals surface area contributed by atoms with Crippen LogP contribution in [0.15, 0.2) is 35.9 Å². The Hall–Kier alpha value is -2.03. The summed E-state index contributed by atoms with van der Waals surface area (Å²) in [4.78, 5) is 0. The SMILES string of the molecule is CCCC1=Cc2ccc(-c3ccc(F)c(F)c3)c(F)c2CC1. The molecule has 22 heavy (non-hydrogen) atoms. The molecule has 0 amide bonds. The second-order valence-corrected chi connectivity index (χ2v) is 5.68. The van der Waals surface area contributed by atoms with Gasteiger partial charge in [-0.25, -0.2) is 13.2 Å². The highest BCUT2D eigenvalue weighted by Gasteiger charge is 2.18. The Labute approximate surface area is 128 Å². The Balaban J connectivity index is 2.04. The van der Waals surface area contributed by atoms with Crippen LogP contribution in [-0.4, -0.2) is 0 Å². The quantitative estimate of drug-likeness (QED) is 0.662. The van der Waals surface area contributed by atoms with Gasteiger partial charge in [-0.3, -0.25) is 0 Å². The van der Waals surface area contributed by atoms with Crippen LogP contribution in [0.1, 0.15) is 37.3 Å². The van der Waals surface area contributed by atoms with Gasteiger partial charge in [0.25, 0.3) is 0 Å². The lowest BCUT2D eigenvalue weighted by Crippen LogP contribution is -2.04. The Bertz CT molecular complexity index is 745. The maximum atomic E-state index is 14.7. The van der Waals surface area contributed by atoms with Gasteiger partial charge in [-0.1, -0.05) is 43.2 Å². The van der Waals surface area contributed by atoms with Crippen molar-refractivity contribution in [3.8, 4) is 11.1 Å². The van der Waals surface area contributed by atoms with Crippen LogP contribution in [0.3, 0.4) is 0 Å². The fourth-order valence-electron chi connectivity index (χ4n) is 3.01. The van der Waals surface area contributed by atoms with Crippen LogP contribution in [-0.2, 0) is 6.42 Å². The van der Waals surface area contributed by atoms with Gasteiger partial charge in [-0.05, 0) is 48.1 Å². The molecular formula is C19H17F3. The van der Waals surface area contributed by atoms with E-state index in [2.05, 4.69) is 13.0 Å². The number of halogens is 3. The molecule has 0 N–H and O–H groups in total. The molecular weight excluding hydrogens is 285 g/mol. The monoisotopic (exact) mass is 302 g/mol. The van der Waals surface area contributed by atoms with Crippen molar-refractivity contribution < 1.29 is 13.2 Å². The van der Waals surface area contributed by atoms with Crippen molar-refractivity contribution in [2.75, 3.05) is 0 Å². The van der Waals surface area contributed by atoms with E-state index in [1.54, 1.807) is 6.07 Å². The van der Waals surface area contributed by atoms with Gasteiger partial charge in [-0.15, -0.1) is 0 Å². The van der Waals surface area contributed by atoms with Gasteiger partial charge in [0.05, 0.1) is 0 Å². The van der Waals surface area contributed by atoms with E-state index in [9.17, 15) is 13.2 Å². The van der Waals surface area contributed by atoms with Crippen LogP contribution in [0.4, 0.5) is 13.2 Å². The zero-order chi connectivity index (χ0) is 15.7. The second-order valence-electron chi connectivity index (χ2n) is 5.68. The third-order valence-corrected chi connectivity index (χ3v) is 4.14. The van der Waals surface area contributed by atoms with E-state index < -0.39 is 11.6 Å². The molecule has 0 atom stereocenters. The van der Waals surface area contributed by atoms with Gasteiger partial charge in [0.2, 0.25) is 0 Å². The number of hydrogen-bond acceptors (Lipinski definition) is 0. The van der Waals surface area contributed by atoms with Crippen molar-refractivity contribution in [3.05, 3.63) is 64.5 Å². The van der Waals surface area contributed by atoms with Crippen LogP contribution in [0, 0.1) is 17.5 Å². The summed E-state index contributed by atoms with van der Waals surface area (Å²) in [6.07, 6.45) is 5.69. The summed E-state index contributed by atoms with van der Waals surface area (Å²) in [6.45, 7) is 2.13. The third kappa shape index (κ3) is 2.68. The van der Waals surface area contributed by atoms with Crippen LogP contribution in [0.2, 0.25) is 0 Å². The molecule has 1 aliphatic carbocycles. The first kappa shape index (κ1) is 14.9. The third-order valence-electron chi connectivity index (χ3n) is 4.14. The largest absolute Gasteiger partial charge is 0.206 e. The number of benzene rings is 2. The predicted octanol–water partition coefficient (Wildman–Crippen LogP) is 5.90. The van der Waals surface area contributed by atoms with Gasteiger partial charge in [-0.2, -0.15) is 0 Å². The topological polar surface area (TPSA) is 0 Å². The molecule has 0 aromatic heterocycles. The molecule has 1 aliphatic rings. The molecule has 2 aromatic rings. The van der Waals surface area contributed by atoms with Crippen molar-refractivity contribution >= 4 is 6.08 Å². The van der Waals surface area contributed by atoms with Crippen LogP contribution in [0.25, 0.3) is 17.2 Å². The summed E-state index contributed by atoms with van der Waals surface area (Å²) in [6, 6.07) is 6.99. The zero-order valence-corrected chi connectivity index (χ0v) is 12.4. The van der Waals surface area contributed by atoms with E-state index in [1.807, 2.05) is 6.07 Å². The molecule has 0 unspecified atom stereocenters. The summed E-state index contributed by atoms with van der Waals surface area (Å²) < 4.78 is 41.1. The lowest BCUT2D eigenvalue weighted by atomic mass is 9.87. The van der Waals surface area contributed by atoms with E-state index in [1.165, 1.54) is 11.6 Å². The first-order chi connectivity index (χ1) is 10.6. The summed E-state index contributed by atoms with van der Waals surface area (Å²) in [5.74, 6) is -2.20. The fourth-order valence-corrected chi connectivity index (χ4v) is 3.01. The molecule has 0 saturated heterocycles. The molecule has 2 aromatic carbocycles. The molecule has 0 nitrogen and oxygen atoms in total. The molecule has 0 radical (unpaired) electrons. The van der Waals surface area contributed by atoms with Crippen LogP contribution in [0.5, 0.6) is 0 Å². The summed E-state index contributed by atoms with van der Waals surface area (Å²) in [5.41, 5.74) is 3.60. The maximum Gasteiger partial charge on any atom is 0.159 e. The highest BCUT2D eigenvalue weighted by Crippen LogP contribution is 2.33. The average molecular weight is 302 g/mol. The summed E-state index contributed by atoms with van der Waals surface area (Å²) >= 11 is 0. The van der Waals surface area contributed by atoms with Gasteiger partial charge in [0.15, 0.2) is 11.6 Å². The molecule has 3 heteroatoms. The van der Waals surface area contributed by atoms with E-state index in [4.69, 9.17) is 0 Å². The minimum Gasteiger partial charge on any atom is -0.206 e. The second kappa shape index (κ2) is 5.99. The molecule has 0 heterocycles. The Kier molecular flexibility index (Phi) is 4.06. The molecule has 114 valence electrons. The van der Waals surface area contributed by atoms with Crippen molar-refractivity contribution in [1.82, 2.24) is 0 Å². The predicted molar refractivity (Wildman–Crippen MR) is 83.0 cm³/mol. The van der Waals surface area contributed by atoms with Gasteiger partial charge < -0.3 is 0 Å². The molecule has 0 bridgehead atoms. The molecule has 0 aliphatic heterocycles. The average Bonchev–Trinajstić information content (AvgIpc) is 2.51. The van der Waals surface area contributed by atoms with Crippen molar-refractivity contribution in [1.29, 1.82) is 0 Å². The highest BCUT2D eigenvalue weighted by atomic mass is 19.2. The summed E-state index contributed by atoms with van der Waals surface area (Å²) in [5, 5.41) is 0. The normalized spacial score (nSPS) is 13.7. The Morgan fingerprint density at radius 1 is 0.955 bits per heavy atom. The lowest BCUT2D eigenvalue weighted by Gasteiger charge is -2.18. The Morgan fingerprint density at radius 3 is 2.50 bits per heavy atom.